The maximum atomic E-state index is 12.5. The summed E-state index contributed by atoms with van der Waals surface area (Å²) in [5, 5.41) is 24.4. The zero-order chi connectivity index (χ0) is 20.5. The van der Waals surface area contributed by atoms with E-state index in [9.17, 15) is 25.0 Å². The molecule has 0 radical (unpaired) electrons. The minimum Gasteiger partial charge on any atom is -0.425 e. The summed E-state index contributed by atoms with van der Waals surface area (Å²) < 4.78 is 5.31. The van der Waals surface area contributed by atoms with Crippen LogP contribution in [0, 0.1) is 20.2 Å². The molecule has 0 unspecified atom stereocenters. The molecular formula is C18H20N4O6. The molecule has 0 aliphatic carbocycles. The van der Waals surface area contributed by atoms with Crippen LogP contribution in [0.15, 0.2) is 48.5 Å². The number of nitrogens with zero attached hydrogens (tertiary/aromatic N) is 2. The van der Waals surface area contributed by atoms with Gasteiger partial charge in [-0.05, 0) is 50.1 Å². The number of carbonyl (C=O) groups excluding carboxylic acids is 1. The van der Waals surface area contributed by atoms with Crippen molar-refractivity contribution in [3.63, 3.8) is 0 Å². The number of nitrogens with one attached hydrogen (secondary N) is 1. The number of anilines is 1. The summed E-state index contributed by atoms with van der Waals surface area (Å²) in [4.78, 5) is 32.9. The van der Waals surface area contributed by atoms with Gasteiger partial charge in [-0.3, -0.25) is 20.2 Å². The number of carbonyl (C=O) groups is 1. The fourth-order valence-corrected chi connectivity index (χ4v) is 2.45. The van der Waals surface area contributed by atoms with Gasteiger partial charge in [0.05, 0.1) is 9.85 Å². The lowest BCUT2D eigenvalue weighted by molar-refractivity contribution is -0.385. The predicted molar refractivity (Wildman–Crippen MR) is 102 cm³/mol. The number of nitrogens with two attached hydrogens (primary N) is 1. The van der Waals surface area contributed by atoms with Crippen molar-refractivity contribution in [3.8, 4) is 5.75 Å². The third-order valence-electron chi connectivity index (χ3n) is 3.92. The minimum absolute atomic E-state index is 0.0568. The van der Waals surface area contributed by atoms with Gasteiger partial charge in [0.1, 0.15) is 11.8 Å². The first-order chi connectivity index (χ1) is 13.4. The summed E-state index contributed by atoms with van der Waals surface area (Å²) in [7, 11) is 0. The maximum Gasteiger partial charge on any atom is 0.333 e. The summed E-state index contributed by atoms with van der Waals surface area (Å²) >= 11 is 0. The summed E-state index contributed by atoms with van der Waals surface area (Å²) in [6.45, 7) is 0.488. The highest BCUT2D eigenvalue weighted by Gasteiger charge is 2.21. The van der Waals surface area contributed by atoms with E-state index in [4.69, 9.17) is 10.5 Å². The topological polar surface area (TPSA) is 151 Å². The predicted octanol–water partition coefficient (Wildman–Crippen LogP) is 3.02. The van der Waals surface area contributed by atoms with Crippen molar-refractivity contribution in [2.45, 2.75) is 25.3 Å². The van der Waals surface area contributed by atoms with Crippen molar-refractivity contribution in [1.82, 2.24) is 0 Å². The molecule has 0 amide bonds. The van der Waals surface area contributed by atoms with Crippen LogP contribution in [0.5, 0.6) is 5.75 Å². The lowest BCUT2D eigenvalue weighted by atomic mass is 10.1. The smallest absolute Gasteiger partial charge is 0.333 e. The number of hydrogen-bond acceptors (Lipinski definition) is 8. The number of nitro groups is 2. The number of hydrogen-bond donors (Lipinski definition) is 2. The van der Waals surface area contributed by atoms with Gasteiger partial charge in [-0.25, -0.2) is 4.79 Å². The van der Waals surface area contributed by atoms with Crippen molar-refractivity contribution in [1.29, 1.82) is 0 Å². The molecule has 0 bridgehead atoms. The largest absolute Gasteiger partial charge is 0.425 e. The highest BCUT2D eigenvalue weighted by Crippen LogP contribution is 2.21. The molecule has 10 heteroatoms. The van der Waals surface area contributed by atoms with Crippen molar-refractivity contribution in [3.05, 3.63) is 68.8 Å². The molecule has 2 rings (SSSR count). The van der Waals surface area contributed by atoms with Crippen molar-refractivity contribution in [2.75, 3.05) is 11.9 Å². The Morgan fingerprint density at radius 2 is 1.50 bits per heavy atom. The van der Waals surface area contributed by atoms with E-state index in [2.05, 4.69) is 5.32 Å². The molecule has 0 spiro atoms. The second-order valence-electron chi connectivity index (χ2n) is 5.96. The monoisotopic (exact) mass is 388 g/mol. The first-order valence-corrected chi connectivity index (χ1v) is 8.58. The third kappa shape index (κ3) is 6.02. The molecule has 28 heavy (non-hydrogen) atoms. The molecule has 148 valence electrons. The Hall–Kier alpha value is -3.53. The molecule has 0 aliphatic rings. The first kappa shape index (κ1) is 20.8. The Balaban J connectivity index is 2.08. The van der Waals surface area contributed by atoms with E-state index >= 15 is 0 Å². The van der Waals surface area contributed by atoms with E-state index in [0.717, 1.165) is 6.42 Å². The highest BCUT2D eigenvalue weighted by atomic mass is 16.6. The van der Waals surface area contributed by atoms with E-state index < -0.39 is 21.9 Å². The fourth-order valence-electron chi connectivity index (χ4n) is 2.45. The first-order valence-electron chi connectivity index (χ1n) is 8.58. The lowest BCUT2D eigenvalue weighted by Crippen LogP contribution is -2.33. The number of rotatable bonds is 10. The van der Waals surface area contributed by atoms with Crippen LogP contribution in [-0.4, -0.2) is 28.4 Å². The number of esters is 1. The van der Waals surface area contributed by atoms with Gasteiger partial charge in [0, 0.05) is 30.0 Å². The second-order valence-corrected chi connectivity index (χ2v) is 5.96. The summed E-state index contributed by atoms with van der Waals surface area (Å²) in [5.74, 6) is -0.380. The molecule has 0 aliphatic heterocycles. The van der Waals surface area contributed by atoms with Crippen molar-refractivity contribution < 1.29 is 19.4 Å². The van der Waals surface area contributed by atoms with Gasteiger partial charge in [-0.2, -0.15) is 0 Å². The number of non-ortho nitro benzene ring substituents is 2. The normalized spacial score (nSPS) is 11.5. The van der Waals surface area contributed by atoms with Crippen LogP contribution in [-0.2, 0) is 4.79 Å². The van der Waals surface area contributed by atoms with Gasteiger partial charge in [-0.1, -0.05) is 0 Å². The maximum absolute atomic E-state index is 12.5. The molecule has 3 N–H and O–H groups in total. The van der Waals surface area contributed by atoms with Crippen LogP contribution in [0.2, 0.25) is 0 Å². The molecule has 0 saturated heterocycles. The highest BCUT2D eigenvalue weighted by molar-refractivity contribution is 5.81. The van der Waals surface area contributed by atoms with Crippen LogP contribution in [0.25, 0.3) is 0 Å². The van der Waals surface area contributed by atoms with Gasteiger partial charge in [-0.15, -0.1) is 0 Å². The molecule has 2 aromatic carbocycles. The molecule has 10 nitrogen and oxygen atoms in total. The fraction of sp³-hybridized carbons (Fsp3) is 0.278. The molecule has 0 saturated carbocycles. The second kappa shape index (κ2) is 9.97. The Morgan fingerprint density at radius 3 is 2.00 bits per heavy atom. The van der Waals surface area contributed by atoms with E-state index in [1.165, 1.54) is 48.5 Å². The van der Waals surface area contributed by atoms with Crippen LogP contribution in [0.3, 0.4) is 0 Å². The van der Waals surface area contributed by atoms with Gasteiger partial charge in [0.2, 0.25) is 0 Å². The number of ether oxygens (including phenoxy) is 1. The quantitative estimate of drug-likeness (QED) is 0.207. The van der Waals surface area contributed by atoms with Gasteiger partial charge >= 0.3 is 5.97 Å². The van der Waals surface area contributed by atoms with Crippen LogP contribution >= 0.6 is 0 Å². The average Bonchev–Trinajstić information content (AvgIpc) is 2.68. The Kier molecular flexibility index (Phi) is 7.40. The van der Waals surface area contributed by atoms with Crippen molar-refractivity contribution >= 4 is 23.0 Å². The molecule has 2 aromatic rings. The average molecular weight is 388 g/mol. The standard InChI is InChI=1S/C18H20N4O6/c19-12-2-1-3-17(20-13-4-6-14(7-5-13)21(24)25)18(23)28-16-10-8-15(9-11-16)22(26)27/h4-11,17,20H,1-3,12,19H2/t17-/m0/s1. The van der Waals surface area contributed by atoms with Crippen LogP contribution in [0.4, 0.5) is 17.1 Å². The molecule has 0 aromatic heterocycles. The third-order valence-corrected chi connectivity index (χ3v) is 3.92. The lowest BCUT2D eigenvalue weighted by Gasteiger charge is -2.18. The van der Waals surface area contributed by atoms with Gasteiger partial charge in [0.25, 0.3) is 11.4 Å². The number of unbranched alkanes of at least 4 members (excludes halogenated alkanes) is 1. The van der Waals surface area contributed by atoms with Crippen molar-refractivity contribution in [2.24, 2.45) is 5.73 Å². The Bertz CT molecular complexity index is 823. The molecule has 0 fully saturated rings. The Labute approximate surface area is 160 Å². The van der Waals surface area contributed by atoms with Crippen LogP contribution in [0.1, 0.15) is 19.3 Å². The van der Waals surface area contributed by atoms with Gasteiger partial charge in [0.15, 0.2) is 0 Å². The molecule has 1 atom stereocenters. The number of nitro benzene ring substituents is 2. The molecule has 0 heterocycles. The van der Waals surface area contributed by atoms with E-state index in [1.54, 1.807) is 0 Å². The van der Waals surface area contributed by atoms with E-state index in [-0.39, 0.29) is 17.1 Å². The summed E-state index contributed by atoms with van der Waals surface area (Å²) in [6, 6.07) is 10.2. The summed E-state index contributed by atoms with van der Waals surface area (Å²) in [6.07, 6.45) is 1.85. The number of benzene rings is 2. The SMILES string of the molecule is NCCCC[C@H](Nc1ccc([N+](=O)[O-])cc1)C(=O)Oc1ccc([N+](=O)[O-])cc1. The summed E-state index contributed by atoms with van der Waals surface area (Å²) in [5.41, 5.74) is 5.86. The zero-order valence-electron chi connectivity index (χ0n) is 14.9. The van der Waals surface area contributed by atoms with E-state index in [0.29, 0.717) is 25.1 Å². The van der Waals surface area contributed by atoms with Crippen LogP contribution < -0.4 is 15.8 Å². The van der Waals surface area contributed by atoms with Gasteiger partial charge < -0.3 is 15.8 Å². The van der Waals surface area contributed by atoms with E-state index in [1.807, 2.05) is 0 Å². The Morgan fingerprint density at radius 1 is 0.964 bits per heavy atom. The zero-order valence-corrected chi connectivity index (χ0v) is 14.9. The molecular weight excluding hydrogens is 368 g/mol. The minimum atomic E-state index is -0.705.